The molecule has 0 radical (unpaired) electrons. The van der Waals surface area contributed by atoms with E-state index in [4.69, 9.17) is 9.47 Å². The van der Waals surface area contributed by atoms with Crippen LogP contribution in [-0.4, -0.2) is 23.8 Å². The summed E-state index contributed by atoms with van der Waals surface area (Å²) in [6.07, 6.45) is 0.878. The molecule has 0 amide bonds. The van der Waals surface area contributed by atoms with Crippen molar-refractivity contribution < 1.29 is 14.3 Å². The van der Waals surface area contributed by atoms with Crippen LogP contribution in [0, 0.1) is 6.92 Å². The molecular formula is C12H17NO3. The van der Waals surface area contributed by atoms with Crippen LogP contribution in [0.4, 0.5) is 0 Å². The van der Waals surface area contributed by atoms with E-state index >= 15 is 0 Å². The third-order valence-electron chi connectivity index (χ3n) is 2.84. The Balaban J connectivity index is 2.19. The quantitative estimate of drug-likeness (QED) is 0.728. The molecule has 1 aliphatic heterocycles. The van der Waals surface area contributed by atoms with Gasteiger partial charge in [-0.15, -0.1) is 0 Å². The number of aryl methyl sites for hydroxylation is 1. The number of aromatic nitrogens is 1. The zero-order chi connectivity index (χ0) is 11.5. The number of ether oxygens (including phenoxy) is 2. The summed E-state index contributed by atoms with van der Waals surface area (Å²) in [5, 5.41) is 0. The van der Waals surface area contributed by atoms with Gasteiger partial charge in [0.2, 0.25) is 0 Å². The molecule has 2 heterocycles. The molecule has 0 aliphatic carbocycles. The van der Waals surface area contributed by atoms with Crippen molar-refractivity contribution in [3.63, 3.8) is 0 Å². The van der Waals surface area contributed by atoms with Crippen molar-refractivity contribution >= 4 is 5.97 Å². The number of carbonyl (C=O) groups is 1. The molecule has 16 heavy (non-hydrogen) atoms. The van der Waals surface area contributed by atoms with Crippen molar-refractivity contribution in [3.05, 3.63) is 23.0 Å². The van der Waals surface area contributed by atoms with Crippen molar-refractivity contribution in [1.82, 2.24) is 4.57 Å². The summed E-state index contributed by atoms with van der Waals surface area (Å²) >= 11 is 0. The Morgan fingerprint density at radius 3 is 3.19 bits per heavy atom. The van der Waals surface area contributed by atoms with Gasteiger partial charge < -0.3 is 14.0 Å². The molecule has 2 rings (SSSR count). The van der Waals surface area contributed by atoms with Crippen LogP contribution >= 0.6 is 0 Å². The molecule has 0 atom stereocenters. The summed E-state index contributed by atoms with van der Waals surface area (Å²) in [5.74, 6) is -0.171. The Bertz CT molecular complexity index is 395. The number of nitrogens with zero attached hydrogens (tertiary/aromatic N) is 1. The van der Waals surface area contributed by atoms with Gasteiger partial charge in [-0.3, -0.25) is 4.79 Å². The van der Waals surface area contributed by atoms with Gasteiger partial charge in [0.25, 0.3) is 0 Å². The molecule has 0 spiro atoms. The van der Waals surface area contributed by atoms with Crippen LogP contribution in [0.15, 0.2) is 6.07 Å². The van der Waals surface area contributed by atoms with Crippen molar-refractivity contribution in [2.24, 2.45) is 0 Å². The van der Waals surface area contributed by atoms with Crippen LogP contribution in [-0.2, 0) is 33.8 Å². The minimum Gasteiger partial charge on any atom is -0.465 e. The molecule has 0 bridgehead atoms. The van der Waals surface area contributed by atoms with Crippen LogP contribution in [0.2, 0.25) is 0 Å². The van der Waals surface area contributed by atoms with Crippen LogP contribution in [0.25, 0.3) is 0 Å². The second-order valence-corrected chi connectivity index (χ2v) is 3.95. The lowest BCUT2D eigenvalue weighted by Gasteiger charge is -2.16. The minimum atomic E-state index is -0.171. The lowest BCUT2D eigenvalue weighted by Crippen LogP contribution is -2.19. The molecule has 1 aliphatic rings. The third-order valence-corrected chi connectivity index (χ3v) is 2.84. The summed E-state index contributed by atoms with van der Waals surface area (Å²) in [7, 11) is 0. The van der Waals surface area contributed by atoms with Crippen molar-refractivity contribution in [2.75, 3.05) is 13.2 Å². The maximum atomic E-state index is 11.5. The first-order chi connectivity index (χ1) is 7.72. The third kappa shape index (κ3) is 2.11. The maximum Gasteiger partial charge on any atom is 0.325 e. The van der Waals surface area contributed by atoms with Gasteiger partial charge in [0, 0.05) is 17.8 Å². The first-order valence-electron chi connectivity index (χ1n) is 5.63. The van der Waals surface area contributed by atoms with Gasteiger partial charge in [-0.1, -0.05) is 0 Å². The maximum absolute atomic E-state index is 11.5. The zero-order valence-corrected chi connectivity index (χ0v) is 9.78. The molecule has 4 nitrogen and oxygen atoms in total. The van der Waals surface area contributed by atoms with Gasteiger partial charge in [0.1, 0.15) is 6.54 Å². The lowest BCUT2D eigenvalue weighted by molar-refractivity contribution is -0.143. The number of fused-ring (bicyclic) bond motifs is 1. The van der Waals surface area contributed by atoms with E-state index in [-0.39, 0.29) is 5.97 Å². The predicted octanol–water partition coefficient (Wildman–Crippen LogP) is 1.43. The van der Waals surface area contributed by atoms with Crippen LogP contribution in [0.3, 0.4) is 0 Å². The molecule has 0 unspecified atom stereocenters. The molecule has 0 aromatic carbocycles. The smallest absolute Gasteiger partial charge is 0.325 e. The van der Waals surface area contributed by atoms with E-state index in [1.165, 1.54) is 11.3 Å². The van der Waals surface area contributed by atoms with Gasteiger partial charge in [-0.25, -0.2) is 0 Å². The molecule has 0 saturated heterocycles. The average Bonchev–Trinajstić information content (AvgIpc) is 2.56. The highest BCUT2D eigenvalue weighted by atomic mass is 16.5. The van der Waals surface area contributed by atoms with Crippen LogP contribution in [0.1, 0.15) is 23.9 Å². The van der Waals surface area contributed by atoms with Crippen molar-refractivity contribution in [1.29, 1.82) is 0 Å². The van der Waals surface area contributed by atoms with Gasteiger partial charge >= 0.3 is 5.97 Å². The molecule has 1 aromatic heterocycles. The first-order valence-corrected chi connectivity index (χ1v) is 5.63. The summed E-state index contributed by atoms with van der Waals surface area (Å²) in [6, 6.07) is 2.09. The Morgan fingerprint density at radius 1 is 1.62 bits per heavy atom. The molecular weight excluding hydrogens is 206 g/mol. The second-order valence-electron chi connectivity index (χ2n) is 3.95. The highest BCUT2D eigenvalue weighted by Gasteiger charge is 2.18. The fraction of sp³-hybridized carbons (Fsp3) is 0.583. The molecule has 0 N–H and O–H groups in total. The minimum absolute atomic E-state index is 0.171. The number of esters is 1. The summed E-state index contributed by atoms with van der Waals surface area (Å²) in [6.45, 7) is 5.98. The van der Waals surface area contributed by atoms with E-state index in [9.17, 15) is 4.79 Å². The topological polar surface area (TPSA) is 40.5 Å². The highest BCUT2D eigenvalue weighted by Crippen LogP contribution is 2.21. The normalized spacial score (nSPS) is 14.6. The Hall–Kier alpha value is -1.29. The Morgan fingerprint density at radius 2 is 2.44 bits per heavy atom. The summed E-state index contributed by atoms with van der Waals surface area (Å²) < 4.78 is 12.4. The van der Waals surface area contributed by atoms with E-state index in [2.05, 4.69) is 6.07 Å². The standard InChI is InChI=1S/C12H17NO3/c1-3-16-12(14)7-13-9(2)6-10-8-15-5-4-11(10)13/h6H,3-5,7-8H2,1-2H3. The molecule has 0 saturated carbocycles. The van der Waals surface area contributed by atoms with Gasteiger partial charge in [-0.2, -0.15) is 0 Å². The number of hydrogen-bond donors (Lipinski definition) is 0. The fourth-order valence-corrected chi connectivity index (χ4v) is 2.13. The van der Waals surface area contributed by atoms with Gasteiger partial charge in [-0.05, 0) is 25.5 Å². The first kappa shape index (κ1) is 11.2. The zero-order valence-electron chi connectivity index (χ0n) is 9.78. The molecule has 88 valence electrons. The van der Waals surface area contributed by atoms with Crippen LogP contribution in [0.5, 0.6) is 0 Å². The summed E-state index contributed by atoms with van der Waals surface area (Å²) in [5.41, 5.74) is 3.52. The number of rotatable bonds is 3. The largest absolute Gasteiger partial charge is 0.465 e. The molecule has 4 heteroatoms. The predicted molar refractivity (Wildman–Crippen MR) is 59.2 cm³/mol. The van der Waals surface area contributed by atoms with E-state index in [0.717, 1.165) is 18.7 Å². The fourth-order valence-electron chi connectivity index (χ4n) is 2.13. The van der Waals surface area contributed by atoms with Gasteiger partial charge in [0.05, 0.1) is 19.8 Å². The van der Waals surface area contributed by atoms with Crippen LogP contribution < -0.4 is 0 Å². The summed E-state index contributed by atoms with van der Waals surface area (Å²) in [4.78, 5) is 11.5. The van der Waals surface area contributed by atoms with Crippen molar-refractivity contribution in [2.45, 2.75) is 33.4 Å². The Kier molecular flexibility index (Phi) is 3.29. The average molecular weight is 223 g/mol. The Labute approximate surface area is 95.2 Å². The molecule has 1 aromatic rings. The monoisotopic (exact) mass is 223 g/mol. The molecule has 0 fully saturated rings. The number of hydrogen-bond acceptors (Lipinski definition) is 3. The number of carbonyl (C=O) groups excluding carboxylic acids is 1. The SMILES string of the molecule is CCOC(=O)Cn1c(C)cc2c1CCOC2. The van der Waals surface area contributed by atoms with E-state index < -0.39 is 0 Å². The van der Waals surface area contributed by atoms with E-state index in [0.29, 0.717) is 19.8 Å². The second kappa shape index (κ2) is 4.70. The lowest BCUT2D eigenvalue weighted by atomic mass is 10.2. The van der Waals surface area contributed by atoms with E-state index in [1.54, 1.807) is 0 Å². The van der Waals surface area contributed by atoms with E-state index in [1.807, 2.05) is 18.4 Å². The van der Waals surface area contributed by atoms with Gasteiger partial charge in [0.15, 0.2) is 0 Å². The van der Waals surface area contributed by atoms with Crippen molar-refractivity contribution in [3.8, 4) is 0 Å². The highest BCUT2D eigenvalue weighted by molar-refractivity contribution is 5.69.